The third-order valence-electron chi connectivity index (χ3n) is 4.31. The second-order valence-corrected chi connectivity index (χ2v) is 6.27. The standard InChI is InChI=1S/C19H19F3N2O2/c20-19(21,22)16-6-1-5-15(10-16)18(25)24-9-3-7-17(12-24)26-13-14-4-2-8-23-11-14/h1-2,4-6,8,10-11,17H,3,7,9,12-13H2/t17-/m0/s1. The minimum Gasteiger partial charge on any atom is -0.372 e. The highest BCUT2D eigenvalue weighted by atomic mass is 19.4. The van der Waals surface area contributed by atoms with Crippen LogP contribution in [-0.2, 0) is 17.5 Å². The number of likely N-dealkylation sites (tertiary alicyclic amines) is 1. The first-order valence-electron chi connectivity index (χ1n) is 8.40. The summed E-state index contributed by atoms with van der Waals surface area (Å²) in [7, 11) is 0. The lowest BCUT2D eigenvalue weighted by Crippen LogP contribution is -2.43. The van der Waals surface area contributed by atoms with Crippen molar-refractivity contribution in [1.29, 1.82) is 0 Å². The highest BCUT2D eigenvalue weighted by Crippen LogP contribution is 2.30. The molecule has 0 N–H and O–H groups in total. The second kappa shape index (κ2) is 7.86. The zero-order chi connectivity index (χ0) is 18.6. The van der Waals surface area contributed by atoms with Crippen molar-refractivity contribution in [2.24, 2.45) is 0 Å². The number of benzene rings is 1. The van der Waals surface area contributed by atoms with Crippen molar-refractivity contribution in [3.63, 3.8) is 0 Å². The Morgan fingerprint density at radius 1 is 1.27 bits per heavy atom. The van der Waals surface area contributed by atoms with Gasteiger partial charge >= 0.3 is 6.18 Å². The molecular weight excluding hydrogens is 345 g/mol. The lowest BCUT2D eigenvalue weighted by molar-refractivity contribution is -0.137. The first-order valence-corrected chi connectivity index (χ1v) is 8.40. The van der Waals surface area contributed by atoms with Crippen LogP contribution in [0.4, 0.5) is 13.2 Å². The van der Waals surface area contributed by atoms with Crippen LogP contribution < -0.4 is 0 Å². The molecule has 1 amide bonds. The van der Waals surface area contributed by atoms with Gasteiger partial charge in [-0.15, -0.1) is 0 Å². The van der Waals surface area contributed by atoms with E-state index in [1.807, 2.05) is 12.1 Å². The number of hydrogen-bond donors (Lipinski definition) is 0. The van der Waals surface area contributed by atoms with E-state index in [1.54, 1.807) is 17.3 Å². The van der Waals surface area contributed by atoms with Gasteiger partial charge < -0.3 is 9.64 Å². The molecule has 7 heteroatoms. The van der Waals surface area contributed by atoms with E-state index in [1.165, 1.54) is 12.1 Å². The molecule has 1 saturated heterocycles. The Bertz CT molecular complexity index is 750. The Morgan fingerprint density at radius 3 is 2.85 bits per heavy atom. The van der Waals surface area contributed by atoms with Crippen molar-refractivity contribution in [3.05, 3.63) is 65.5 Å². The van der Waals surface area contributed by atoms with Crippen molar-refractivity contribution >= 4 is 5.91 Å². The number of carbonyl (C=O) groups is 1. The molecule has 1 aliphatic heterocycles. The summed E-state index contributed by atoms with van der Waals surface area (Å²) in [5.41, 5.74) is 0.172. The van der Waals surface area contributed by atoms with E-state index < -0.39 is 17.6 Å². The fourth-order valence-corrected chi connectivity index (χ4v) is 2.97. The Balaban J connectivity index is 1.63. The molecule has 0 saturated carbocycles. The molecule has 3 rings (SSSR count). The van der Waals surface area contributed by atoms with Gasteiger partial charge in [0.05, 0.1) is 18.3 Å². The van der Waals surface area contributed by atoms with Crippen LogP contribution in [-0.4, -0.2) is 35.0 Å². The molecule has 4 nitrogen and oxygen atoms in total. The van der Waals surface area contributed by atoms with Gasteiger partial charge in [0.1, 0.15) is 0 Å². The Hall–Kier alpha value is -2.41. The van der Waals surface area contributed by atoms with Gasteiger partial charge in [-0.05, 0) is 42.7 Å². The predicted molar refractivity (Wildman–Crippen MR) is 89.4 cm³/mol. The average Bonchev–Trinajstić information content (AvgIpc) is 2.66. The number of carbonyl (C=O) groups excluding carboxylic acids is 1. The Kier molecular flexibility index (Phi) is 5.56. The van der Waals surface area contributed by atoms with Gasteiger partial charge in [0.2, 0.25) is 0 Å². The van der Waals surface area contributed by atoms with Crippen LogP contribution in [0.15, 0.2) is 48.8 Å². The fraction of sp³-hybridized carbons (Fsp3) is 0.368. The first kappa shape index (κ1) is 18.4. The summed E-state index contributed by atoms with van der Waals surface area (Å²) >= 11 is 0. The molecule has 0 radical (unpaired) electrons. The molecular formula is C19H19F3N2O2. The summed E-state index contributed by atoms with van der Waals surface area (Å²) in [4.78, 5) is 18.2. The average molecular weight is 364 g/mol. The van der Waals surface area contributed by atoms with Crippen LogP contribution in [0, 0.1) is 0 Å². The number of piperidine rings is 1. The molecule has 138 valence electrons. The molecule has 2 aromatic rings. The molecule has 0 bridgehead atoms. The van der Waals surface area contributed by atoms with E-state index in [4.69, 9.17) is 4.74 Å². The molecule has 0 aliphatic carbocycles. The van der Waals surface area contributed by atoms with E-state index in [-0.39, 0.29) is 11.7 Å². The monoisotopic (exact) mass is 364 g/mol. The number of rotatable bonds is 4. The molecule has 1 aromatic carbocycles. The highest BCUT2D eigenvalue weighted by molar-refractivity contribution is 5.94. The molecule has 2 heterocycles. The summed E-state index contributed by atoms with van der Waals surface area (Å²) < 4.78 is 44.4. The third kappa shape index (κ3) is 4.60. The van der Waals surface area contributed by atoms with Gasteiger partial charge in [-0.1, -0.05) is 12.1 Å². The van der Waals surface area contributed by atoms with Crippen LogP contribution >= 0.6 is 0 Å². The number of alkyl halides is 3. The molecule has 1 aliphatic rings. The van der Waals surface area contributed by atoms with Crippen LogP contribution in [0.2, 0.25) is 0 Å². The van der Waals surface area contributed by atoms with E-state index in [0.29, 0.717) is 19.7 Å². The number of hydrogen-bond acceptors (Lipinski definition) is 3. The summed E-state index contributed by atoms with van der Waals surface area (Å²) in [6.45, 7) is 1.28. The maximum absolute atomic E-state index is 12.8. The minimum absolute atomic E-state index is 0.0488. The zero-order valence-corrected chi connectivity index (χ0v) is 14.1. The van der Waals surface area contributed by atoms with Gasteiger partial charge in [0.25, 0.3) is 5.91 Å². The minimum atomic E-state index is -4.46. The van der Waals surface area contributed by atoms with E-state index in [2.05, 4.69) is 4.98 Å². The van der Waals surface area contributed by atoms with Gasteiger partial charge in [-0.2, -0.15) is 13.2 Å². The highest BCUT2D eigenvalue weighted by Gasteiger charge is 2.32. The molecule has 26 heavy (non-hydrogen) atoms. The Labute approximate surface area is 149 Å². The number of pyridine rings is 1. The maximum Gasteiger partial charge on any atom is 0.416 e. The summed E-state index contributed by atoms with van der Waals surface area (Å²) in [5.74, 6) is -0.397. The summed E-state index contributed by atoms with van der Waals surface area (Å²) in [6.07, 6.45) is 0.356. The van der Waals surface area contributed by atoms with Gasteiger partial charge in [-0.3, -0.25) is 9.78 Å². The molecule has 0 unspecified atom stereocenters. The summed E-state index contributed by atoms with van der Waals surface area (Å²) in [5, 5.41) is 0. The van der Waals surface area contributed by atoms with Crippen molar-refractivity contribution < 1.29 is 22.7 Å². The Morgan fingerprint density at radius 2 is 2.12 bits per heavy atom. The second-order valence-electron chi connectivity index (χ2n) is 6.27. The SMILES string of the molecule is O=C(c1cccc(C(F)(F)F)c1)N1CCC[C@H](OCc2cccnc2)C1. The number of aromatic nitrogens is 1. The van der Waals surface area contributed by atoms with Crippen LogP contribution in [0.25, 0.3) is 0 Å². The molecule has 0 spiro atoms. The number of ether oxygens (including phenoxy) is 1. The van der Waals surface area contributed by atoms with Crippen molar-refractivity contribution in [2.75, 3.05) is 13.1 Å². The van der Waals surface area contributed by atoms with Gasteiger partial charge in [0, 0.05) is 31.0 Å². The normalized spacial score (nSPS) is 18.0. The van der Waals surface area contributed by atoms with E-state index in [0.717, 1.165) is 30.5 Å². The third-order valence-corrected chi connectivity index (χ3v) is 4.31. The maximum atomic E-state index is 12.8. The lowest BCUT2D eigenvalue weighted by Gasteiger charge is -2.33. The zero-order valence-electron chi connectivity index (χ0n) is 14.1. The number of halogens is 3. The van der Waals surface area contributed by atoms with Gasteiger partial charge in [0.15, 0.2) is 0 Å². The fourth-order valence-electron chi connectivity index (χ4n) is 2.97. The largest absolute Gasteiger partial charge is 0.416 e. The topological polar surface area (TPSA) is 42.4 Å². The van der Waals surface area contributed by atoms with Crippen LogP contribution in [0.5, 0.6) is 0 Å². The van der Waals surface area contributed by atoms with E-state index in [9.17, 15) is 18.0 Å². The van der Waals surface area contributed by atoms with Gasteiger partial charge in [-0.25, -0.2) is 0 Å². The lowest BCUT2D eigenvalue weighted by atomic mass is 10.0. The van der Waals surface area contributed by atoms with E-state index >= 15 is 0 Å². The quantitative estimate of drug-likeness (QED) is 0.826. The predicted octanol–water partition coefficient (Wildman–Crippen LogP) is 3.92. The van der Waals surface area contributed by atoms with Crippen molar-refractivity contribution in [1.82, 2.24) is 9.88 Å². The molecule has 1 fully saturated rings. The van der Waals surface area contributed by atoms with Crippen LogP contribution in [0.1, 0.15) is 34.3 Å². The number of nitrogens with zero attached hydrogens (tertiary/aromatic N) is 2. The van der Waals surface area contributed by atoms with Crippen molar-refractivity contribution in [3.8, 4) is 0 Å². The molecule has 1 aromatic heterocycles. The molecule has 1 atom stereocenters. The smallest absolute Gasteiger partial charge is 0.372 e. The number of amides is 1. The summed E-state index contributed by atoms with van der Waals surface area (Å²) in [6, 6.07) is 8.27. The van der Waals surface area contributed by atoms with Crippen LogP contribution in [0.3, 0.4) is 0 Å². The first-order chi connectivity index (χ1) is 12.4. The van der Waals surface area contributed by atoms with Crippen molar-refractivity contribution in [2.45, 2.75) is 31.7 Å².